The van der Waals surface area contributed by atoms with E-state index < -0.39 is 5.54 Å². The molecule has 1 aromatic rings. The second-order valence-corrected chi connectivity index (χ2v) is 6.76. The normalized spacial score (nSPS) is 15.2. The zero-order chi connectivity index (χ0) is 14.0. The summed E-state index contributed by atoms with van der Waals surface area (Å²) in [5, 5.41) is 12.2. The van der Waals surface area contributed by atoms with Gasteiger partial charge in [-0.25, -0.2) is 0 Å². The van der Waals surface area contributed by atoms with Crippen molar-refractivity contribution < 1.29 is 4.79 Å². The average Bonchev–Trinajstić information content (AvgIpc) is 2.65. The predicted molar refractivity (Wildman–Crippen MR) is 74.7 cm³/mol. The quantitative estimate of drug-likeness (QED) is 0.879. The summed E-state index contributed by atoms with van der Waals surface area (Å²) in [6.07, 6.45) is 1.51. The monoisotopic (exact) mass is 270 g/mol. The Morgan fingerprint density at radius 2 is 1.94 bits per heavy atom. The number of hydrogen-bond acceptors (Lipinski definition) is 5. The van der Waals surface area contributed by atoms with E-state index >= 15 is 0 Å². The molecule has 1 rings (SSSR count). The molecule has 0 fully saturated rings. The molecule has 1 aromatic heterocycles. The van der Waals surface area contributed by atoms with Gasteiger partial charge < -0.3 is 5.73 Å². The summed E-state index contributed by atoms with van der Waals surface area (Å²) in [7, 11) is 0. The van der Waals surface area contributed by atoms with Crippen LogP contribution in [0.15, 0.2) is 0 Å². The van der Waals surface area contributed by atoms with Gasteiger partial charge in [0.1, 0.15) is 5.01 Å². The van der Waals surface area contributed by atoms with Gasteiger partial charge in [-0.3, -0.25) is 10.1 Å². The number of nitrogens with one attached hydrogen (secondary N) is 1. The molecule has 1 unspecified atom stereocenters. The van der Waals surface area contributed by atoms with Crippen molar-refractivity contribution >= 4 is 22.4 Å². The lowest BCUT2D eigenvalue weighted by Crippen LogP contribution is -2.48. The van der Waals surface area contributed by atoms with E-state index in [1.165, 1.54) is 11.3 Å². The number of carbonyl (C=O) groups is 1. The molecule has 0 spiro atoms. The SMILES string of the molecule is CCCC(C)(N)C(=O)Nc1nnc(C(C)(C)C)s1. The first kappa shape index (κ1) is 15.0. The third-order valence-corrected chi connectivity index (χ3v) is 3.84. The molecule has 1 atom stereocenters. The van der Waals surface area contributed by atoms with Crippen molar-refractivity contribution in [3.63, 3.8) is 0 Å². The Labute approximate surface area is 112 Å². The van der Waals surface area contributed by atoms with Crippen molar-refractivity contribution in [3.8, 4) is 0 Å². The van der Waals surface area contributed by atoms with E-state index in [2.05, 4.69) is 36.3 Å². The van der Waals surface area contributed by atoms with Crippen LogP contribution in [-0.2, 0) is 10.2 Å². The van der Waals surface area contributed by atoms with Crippen LogP contribution in [0, 0.1) is 0 Å². The Balaban J connectivity index is 2.74. The molecule has 0 aliphatic heterocycles. The number of anilines is 1. The summed E-state index contributed by atoms with van der Waals surface area (Å²) >= 11 is 1.39. The molecule has 0 bridgehead atoms. The number of rotatable bonds is 4. The number of hydrogen-bond donors (Lipinski definition) is 2. The van der Waals surface area contributed by atoms with E-state index in [0.29, 0.717) is 11.6 Å². The summed E-state index contributed by atoms with van der Waals surface area (Å²) in [6.45, 7) is 9.91. The molecule has 3 N–H and O–H groups in total. The van der Waals surface area contributed by atoms with Crippen LogP contribution in [0.2, 0.25) is 0 Å². The van der Waals surface area contributed by atoms with Crippen LogP contribution < -0.4 is 11.1 Å². The molecule has 5 nitrogen and oxygen atoms in total. The van der Waals surface area contributed by atoms with Gasteiger partial charge in [0.25, 0.3) is 0 Å². The lowest BCUT2D eigenvalue weighted by Gasteiger charge is -2.21. The number of nitrogens with two attached hydrogens (primary N) is 1. The summed E-state index contributed by atoms with van der Waals surface area (Å²) < 4.78 is 0. The van der Waals surface area contributed by atoms with Crippen LogP contribution in [0.5, 0.6) is 0 Å². The highest BCUT2D eigenvalue weighted by molar-refractivity contribution is 7.15. The second-order valence-electron chi connectivity index (χ2n) is 5.78. The van der Waals surface area contributed by atoms with Gasteiger partial charge in [-0.1, -0.05) is 45.5 Å². The van der Waals surface area contributed by atoms with Crippen molar-refractivity contribution in [1.82, 2.24) is 10.2 Å². The van der Waals surface area contributed by atoms with Gasteiger partial charge in [-0.2, -0.15) is 0 Å². The van der Waals surface area contributed by atoms with E-state index in [-0.39, 0.29) is 11.3 Å². The first-order chi connectivity index (χ1) is 8.16. The number of amides is 1. The van der Waals surface area contributed by atoms with Crippen LogP contribution in [0.25, 0.3) is 0 Å². The molecule has 6 heteroatoms. The van der Waals surface area contributed by atoms with E-state index in [9.17, 15) is 4.79 Å². The van der Waals surface area contributed by atoms with Crippen LogP contribution >= 0.6 is 11.3 Å². The average molecular weight is 270 g/mol. The number of carbonyl (C=O) groups excluding carboxylic acids is 1. The lowest BCUT2D eigenvalue weighted by molar-refractivity contribution is -0.120. The standard InChI is InChI=1S/C12H22N4OS/c1-6-7-12(5,13)8(17)14-10-16-15-9(18-10)11(2,3)4/h6-7,13H2,1-5H3,(H,14,16,17). The highest BCUT2D eigenvalue weighted by atomic mass is 32.1. The Bertz CT molecular complexity index is 420. The molecule has 0 saturated heterocycles. The molecule has 0 aliphatic carbocycles. The lowest BCUT2D eigenvalue weighted by atomic mass is 9.97. The van der Waals surface area contributed by atoms with Crippen molar-refractivity contribution in [2.45, 2.75) is 58.4 Å². The first-order valence-electron chi connectivity index (χ1n) is 6.11. The number of nitrogens with zero attached hydrogens (tertiary/aromatic N) is 2. The zero-order valence-corrected chi connectivity index (χ0v) is 12.5. The molecule has 1 amide bonds. The highest BCUT2D eigenvalue weighted by Gasteiger charge is 2.28. The van der Waals surface area contributed by atoms with E-state index in [4.69, 9.17) is 5.73 Å². The van der Waals surface area contributed by atoms with E-state index in [1.807, 2.05) is 6.92 Å². The summed E-state index contributed by atoms with van der Waals surface area (Å²) in [4.78, 5) is 12.0. The fourth-order valence-electron chi connectivity index (χ4n) is 1.45. The molecule has 102 valence electrons. The molecule has 0 saturated carbocycles. The van der Waals surface area contributed by atoms with Gasteiger partial charge in [-0.05, 0) is 13.3 Å². The highest BCUT2D eigenvalue weighted by Crippen LogP contribution is 2.28. The maximum Gasteiger partial charge on any atom is 0.245 e. The van der Waals surface area contributed by atoms with E-state index in [1.54, 1.807) is 6.92 Å². The third-order valence-electron chi connectivity index (χ3n) is 2.58. The topological polar surface area (TPSA) is 80.9 Å². The minimum Gasteiger partial charge on any atom is -0.318 e. The predicted octanol–water partition coefficient (Wildman–Crippen LogP) is 2.29. The molecule has 0 aromatic carbocycles. The minimum atomic E-state index is -0.859. The molecule has 18 heavy (non-hydrogen) atoms. The van der Waals surface area contributed by atoms with Crippen molar-refractivity contribution in [2.24, 2.45) is 5.73 Å². The van der Waals surface area contributed by atoms with Crippen LogP contribution in [0.1, 0.15) is 52.5 Å². The fourth-order valence-corrected chi connectivity index (χ4v) is 2.25. The number of aromatic nitrogens is 2. The van der Waals surface area contributed by atoms with Crippen LogP contribution in [0.3, 0.4) is 0 Å². The second kappa shape index (κ2) is 5.32. The van der Waals surface area contributed by atoms with Gasteiger partial charge in [0.05, 0.1) is 5.54 Å². The first-order valence-corrected chi connectivity index (χ1v) is 6.93. The van der Waals surface area contributed by atoms with Crippen molar-refractivity contribution in [2.75, 3.05) is 5.32 Å². The fraction of sp³-hybridized carbons (Fsp3) is 0.750. The summed E-state index contributed by atoms with van der Waals surface area (Å²) in [5.74, 6) is -0.207. The Morgan fingerprint density at radius 1 is 1.33 bits per heavy atom. The Hall–Kier alpha value is -1.01. The minimum absolute atomic E-state index is 0.0594. The van der Waals surface area contributed by atoms with Crippen LogP contribution in [0.4, 0.5) is 5.13 Å². The molecular weight excluding hydrogens is 248 g/mol. The van der Waals surface area contributed by atoms with Gasteiger partial charge in [0.2, 0.25) is 11.0 Å². The molecule has 0 radical (unpaired) electrons. The van der Waals surface area contributed by atoms with Crippen molar-refractivity contribution in [3.05, 3.63) is 5.01 Å². The van der Waals surface area contributed by atoms with Gasteiger partial charge in [0, 0.05) is 5.41 Å². The maximum absolute atomic E-state index is 12.0. The maximum atomic E-state index is 12.0. The summed E-state index contributed by atoms with van der Waals surface area (Å²) in [6, 6.07) is 0. The molecule has 0 aliphatic rings. The Kier molecular flexibility index (Phi) is 4.45. The van der Waals surface area contributed by atoms with Gasteiger partial charge in [0.15, 0.2) is 0 Å². The van der Waals surface area contributed by atoms with Crippen LogP contribution in [-0.4, -0.2) is 21.6 Å². The molecular formula is C12H22N4OS. The summed E-state index contributed by atoms with van der Waals surface area (Å²) in [5.41, 5.74) is 5.04. The van der Waals surface area contributed by atoms with Gasteiger partial charge >= 0.3 is 0 Å². The largest absolute Gasteiger partial charge is 0.318 e. The molecule has 1 heterocycles. The Morgan fingerprint density at radius 3 is 2.39 bits per heavy atom. The smallest absolute Gasteiger partial charge is 0.245 e. The zero-order valence-electron chi connectivity index (χ0n) is 11.7. The van der Waals surface area contributed by atoms with Crippen molar-refractivity contribution in [1.29, 1.82) is 0 Å². The third kappa shape index (κ3) is 3.74. The van der Waals surface area contributed by atoms with Gasteiger partial charge in [-0.15, -0.1) is 10.2 Å². The van der Waals surface area contributed by atoms with E-state index in [0.717, 1.165) is 11.4 Å².